The number of carbonyl (C=O) groups excluding carboxylic acids is 1. The Morgan fingerprint density at radius 2 is 2.03 bits per heavy atom. The van der Waals surface area contributed by atoms with Crippen LogP contribution in [0.2, 0.25) is 0 Å². The third kappa shape index (κ3) is 5.43. The quantitative estimate of drug-likeness (QED) is 0.307. The van der Waals surface area contributed by atoms with Gasteiger partial charge >= 0.3 is 12.3 Å². The number of likely N-dealkylation sites (tertiary alicyclic amines) is 1. The monoisotopic (exact) mass is 527 g/mol. The van der Waals surface area contributed by atoms with Crippen LogP contribution in [0.15, 0.2) is 42.9 Å². The molecule has 3 aromatic heterocycles. The number of aromatic amines is 2. The normalized spacial score (nSPS) is 16.6. The Labute approximate surface area is 216 Å². The number of aromatic nitrogens is 5. The Balaban J connectivity index is 1.44. The van der Waals surface area contributed by atoms with Crippen LogP contribution >= 0.6 is 0 Å². The zero-order chi connectivity index (χ0) is 27.1. The molecule has 1 atom stereocenters. The number of ether oxygens (including phenoxy) is 1. The summed E-state index contributed by atoms with van der Waals surface area (Å²) in [4.78, 5) is 25.5. The summed E-state index contributed by atoms with van der Waals surface area (Å²) in [6.45, 7) is 6.27. The number of nitrogens with one attached hydrogen (secondary N) is 3. The predicted octanol–water partition coefficient (Wildman–Crippen LogP) is 5.85. The van der Waals surface area contributed by atoms with E-state index in [0.29, 0.717) is 42.4 Å². The van der Waals surface area contributed by atoms with E-state index in [2.05, 4.69) is 30.5 Å². The molecule has 3 N–H and O–H groups in total. The van der Waals surface area contributed by atoms with Crippen molar-refractivity contribution < 1.29 is 22.7 Å². The Hall–Kier alpha value is -4.09. The van der Waals surface area contributed by atoms with Crippen molar-refractivity contribution >= 4 is 22.9 Å². The SMILES string of the molecule is CC(C)(C)OC(=O)N1CCCC(Nc2ncc(C(F)(F)F)c(-c3c[nH]c4cc(-c5ccn[nH]5)ccc34)n2)C1. The van der Waals surface area contributed by atoms with Gasteiger partial charge in [-0.2, -0.15) is 18.3 Å². The lowest BCUT2D eigenvalue weighted by Crippen LogP contribution is -2.47. The highest BCUT2D eigenvalue weighted by atomic mass is 19.4. The molecule has 1 aromatic carbocycles. The van der Waals surface area contributed by atoms with Crippen LogP contribution in [0.5, 0.6) is 0 Å². The molecule has 0 radical (unpaired) electrons. The fraction of sp³-hybridized carbons (Fsp3) is 0.385. The van der Waals surface area contributed by atoms with Gasteiger partial charge in [0, 0.05) is 59.8 Å². The van der Waals surface area contributed by atoms with E-state index in [9.17, 15) is 18.0 Å². The lowest BCUT2D eigenvalue weighted by Gasteiger charge is -2.34. The molecular formula is C26H28F3N7O2. The van der Waals surface area contributed by atoms with Crippen LogP contribution in [0.4, 0.5) is 23.9 Å². The van der Waals surface area contributed by atoms with Crippen molar-refractivity contribution in [2.45, 2.75) is 51.4 Å². The van der Waals surface area contributed by atoms with Gasteiger partial charge in [-0.05, 0) is 45.7 Å². The summed E-state index contributed by atoms with van der Waals surface area (Å²) < 4.78 is 47.4. The molecule has 5 rings (SSSR count). The van der Waals surface area contributed by atoms with E-state index in [-0.39, 0.29) is 17.7 Å². The largest absolute Gasteiger partial charge is 0.444 e. The Bertz CT molecular complexity index is 1440. The third-order valence-electron chi connectivity index (χ3n) is 6.25. The van der Waals surface area contributed by atoms with Crippen LogP contribution in [0.3, 0.4) is 0 Å². The lowest BCUT2D eigenvalue weighted by atomic mass is 10.0. The molecule has 9 nitrogen and oxygen atoms in total. The molecule has 0 saturated carbocycles. The first kappa shape index (κ1) is 25.6. The van der Waals surface area contributed by atoms with Crippen molar-refractivity contribution in [3.8, 4) is 22.5 Å². The number of piperidine rings is 1. The molecular weight excluding hydrogens is 499 g/mol. The molecule has 4 aromatic rings. The van der Waals surface area contributed by atoms with Gasteiger partial charge in [0.15, 0.2) is 0 Å². The average molecular weight is 528 g/mol. The number of fused-ring (bicyclic) bond motifs is 1. The average Bonchev–Trinajstić information content (AvgIpc) is 3.52. The van der Waals surface area contributed by atoms with E-state index in [1.165, 1.54) is 6.20 Å². The van der Waals surface area contributed by atoms with E-state index in [4.69, 9.17) is 4.74 Å². The fourth-order valence-electron chi connectivity index (χ4n) is 4.54. The van der Waals surface area contributed by atoms with E-state index < -0.39 is 23.4 Å². The number of hydrogen-bond acceptors (Lipinski definition) is 6. The Kier molecular flexibility index (Phi) is 6.49. The van der Waals surface area contributed by atoms with Crippen LogP contribution in [0, 0.1) is 0 Å². The molecule has 0 bridgehead atoms. The summed E-state index contributed by atoms with van der Waals surface area (Å²) in [5, 5.41) is 10.5. The maximum absolute atomic E-state index is 14.0. The second-order valence-electron chi connectivity index (χ2n) is 10.3. The van der Waals surface area contributed by atoms with E-state index >= 15 is 0 Å². The number of H-pyrrole nitrogens is 2. The van der Waals surface area contributed by atoms with Crippen molar-refractivity contribution in [3.05, 3.63) is 48.4 Å². The van der Waals surface area contributed by atoms with Gasteiger partial charge < -0.3 is 19.9 Å². The van der Waals surface area contributed by atoms with Crippen LogP contribution in [0.1, 0.15) is 39.2 Å². The minimum atomic E-state index is -4.65. The zero-order valence-corrected chi connectivity index (χ0v) is 21.2. The lowest BCUT2D eigenvalue weighted by molar-refractivity contribution is -0.137. The first-order chi connectivity index (χ1) is 18.0. The maximum atomic E-state index is 14.0. The molecule has 1 unspecified atom stereocenters. The molecule has 0 aliphatic carbocycles. The predicted molar refractivity (Wildman–Crippen MR) is 136 cm³/mol. The third-order valence-corrected chi connectivity index (χ3v) is 6.25. The summed E-state index contributed by atoms with van der Waals surface area (Å²) in [5.41, 5.74) is 0.829. The van der Waals surface area contributed by atoms with Crippen molar-refractivity contribution in [1.82, 2.24) is 30.0 Å². The summed E-state index contributed by atoms with van der Waals surface area (Å²) in [6.07, 6.45) is 0.305. The smallest absolute Gasteiger partial charge is 0.419 e. The van der Waals surface area contributed by atoms with Crippen molar-refractivity contribution in [1.29, 1.82) is 0 Å². The number of alkyl halides is 3. The molecule has 200 valence electrons. The van der Waals surface area contributed by atoms with Gasteiger partial charge in [0.1, 0.15) is 11.2 Å². The second kappa shape index (κ2) is 9.66. The second-order valence-corrected chi connectivity index (χ2v) is 10.3. The highest BCUT2D eigenvalue weighted by molar-refractivity contribution is 5.97. The molecule has 38 heavy (non-hydrogen) atoms. The van der Waals surface area contributed by atoms with Crippen molar-refractivity contribution in [3.63, 3.8) is 0 Å². The number of anilines is 1. The van der Waals surface area contributed by atoms with Crippen molar-refractivity contribution in [2.75, 3.05) is 18.4 Å². The highest BCUT2D eigenvalue weighted by Gasteiger charge is 2.36. The highest BCUT2D eigenvalue weighted by Crippen LogP contribution is 2.39. The van der Waals surface area contributed by atoms with Crippen LogP contribution in [0.25, 0.3) is 33.4 Å². The van der Waals surface area contributed by atoms with E-state index in [1.807, 2.05) is 18.2 Å². The zero-order valence-electron chi connectivity index (χ0n) is 21.2. The van der Waals surface area contributed by atoms with Crippen LogP contribution in [-0.2, 0) is 10.9 Å². The number of benzene rings is 1. The van der Waals surface area contributed by atoms with E-state index in [0.717, 1.165) is 17.5 Å². The Morgan fingerprint density at radius 1 is 1.21 bits per heavy atom. The van der Waals surface area contributed by atoms with Gasteiger partial charge in [0.25, 0.3) is 0 Å². The van der Waals surface area contributed by atoms with Gasteiger partial charge in [-0.15, -0.1) is 0 Å². The number of hydrogen-bond donors (Lipinski definition) is 3. The first-order valence-electron chi connectivity index (χ1n) is 12.3. The van der Waals surface area contributed by atoms with Gasteiger partial charge in [-0.25, -0.2) is 14.8 Å². The molecule has 1 aliphatic rings. The standard InChI is InChI=1S/C26H28F3N7O2/c1-25(2,3)38-24(37)36-10-4-5-16(14-36)33-23-31-13-19(26(27,28)29)22(34-23)18-12-30-21-11-15(6-7-17(18)21)20-8-9-32-35-20/h6-9,11-13,16,30H,4-5,10,14H2,1-3H3,(H,32,35)(H,31,33,34). The topological polar surface area (TPSA) is 112 Å². The first-order valence-corrected chi connectivity index (χ1v) is 12.3. The number of rotatable bonds is 4. The Morgan fingerprint density at radius 3 is 2.74 bits per heavy atom. The minimum absolute atomic E-state index is 0.0625. The molecule has 0 spiro atoms. The van der Waals surface area contributed by atoms with Crippen molar-refractivity contribution in [2.24, 2.45) is 0 Å². The summed E-state index contributed by atoms with van der Waals surface area (Å²) in [7, 11) is 0. The van der Waals surface area contributed by atoms with Gasteiger partial charge in [-0.1, -0.05) is 12.1 Å². The minimum Gasteiger partial charge on any atom is -0.444 e. The van der Waals surface area contributed by atoms with Gasteiger partial charge in [0.05, 0.1) is 11.4 Å². The number of nitrogens with zero attached hydrogens (tertiary/aromatic N) is 4. The summed E-state index contributed by atoms with van der Waals surface area (Å²) in [5.74, 6) is 0.0625. The summed E-state index contributed by atoms with van der Waals surface area (Å²) in [6, 6.07) is 6.99. The fourth-order valence-corrected chi connectivity index (χ4v) is 4.54. The van der Waals surface area contributed by atoms with Gasteiger partial charge in [-0.3, -0.25) is 5.10 Å². The number of carbonyl (C=O) groups is 1. The van der Waals surface area contributed by atoms with E-state index in [1.54, 1.807) is 37.9 Å². The van der Waals surface area contributed by atoms with Crippen LogP contribution in [-0.4, -0.2) is 60.9 Å². The molecule has 1 aliphatic heterocycles. The summed E-state index contributed by atoms with van der Waals surface area (Å²) >= 11 is 0. The van der Waals surface area contributed by atoms with Crippen LogP contribution < -0.4 is 5.32 Å². The maximum Gasteiger partial charge on any atom is 0.419 e. The molecule has 1 saturated heterocycles. The van der Waals surface area contributed by atoms with Gasteiger partial charge in [0.2, 0.25) is 5.95 Å². The molecule has 4 heterocycles. The number of halogens is 3. The molecule has 1 amide bonds. The molecule has 12 heteroatoms. The number of amides is 1. The molecule has 1 fully saturated rings.